The lowest BCUT2D eigenvalue weighted by molar-refractivity contribution is -0.223. The van der Waals surface area contributed by atoms with Crippen molar-refractivity contribution in [2.24, 2.45) is 5.92 Å². The molecule has 1 unspecified atom stereocenters. The van der Waals surface area contributed by atoms with Crippen LogP contribution in [0.5, 0.6) is 0 Å². The predicted octanol–water partition coefficient (Wildman–Crippen LogP) is 1.47. The number of hydrogen-bond donors (Lipinski definition) is 1. The van der Waals surface area contributed by atoms with Gasteiger partial charge in [0.2, 0.25) is 0 Å². The number of aliphatic hydroxyl groups is 1. The maximum absolute atomic E-state index is 12.0. The minimum Gasteiger partial charge on any atom is -0.462 e. The van der Waals surface area contributed by atoms with Crippen LogP contribution in [-0.4, -0.2) is 47.6 Å². The molecule has 6 nitrogen and oxygen atoms in total. The molecule has 2 saturated heterocycles. The van der Waals surface area contributed by atoms with Gasteiger partial charge in [0.15, 0.2) is 12.1 Å². The maximum atomic E-state index is 12.0. The summed E-state index contributed by atoms with van der Waals surface area (Å²) in [6.07, 6.45) is -1.18. The van der Waals surface area contributed by atoms with Crippen LogP contribution in [0.25, 0.3) is 0 Å². The van der Waals surface area contributed by atoms with Crippen molar-refractivity contribution in [2.45, 2.75) is 50.2 Å². The Bertz CT molecular complexity index is 615. The quantitative estimate of drug-likeness (QED) is 0.850. The summed E-state index contributed by atoms with van der Waals surface area (Å²) in [7, 11) is 0. The molecular weight excluding hydrogens is 300 g/mol. The van der Waals surface area contributed by atoms with Crippen molar-refractivity contribution in [3.8, 4) is 0 Å². The van der Waals surface area contributed by atoms with Gasteiger partial charge in [-0.1, -0.05) is 18.2 Å². The molecule has 0 radical (unpaired) electrons. The molecule has 0 aromatic heterocycles. The maximum Gasteiger partial charge on any atom is 0.338 e. The Hall–Kier alpha value is -1.47. The van der Waals surface area contributed by atoms with E-state index in [0.29, 0.717) is 12.0 Å². The Kier molecular flexibility index (Phi) is 3.29. The van der Waals surface area contributed by atoms with Crippen LogP contribution in [0.15, 0.2) is 30.3 Å². The van der Waals surface area contributed by atoms with Crippen molar-refractivity contribution in [1.29, 1.82) is 0 Å². The summed E-state index contributed by atoms with van der Waals surface area (Å²) in [6.45, 7) is 3.80. The summed E-state index contributed by atoms with van der Waals surface area (Å²) in [5.74, 6) is -1.15. The van der Waals surface area contributed by atoms with Gasteiger partial charge < -0.3 is 24.1 Å². The van der Waals surface area contributed by atoms with Gasteiger partial charge in [-0.25, -0.2) is 4.79 Å². The molecule has 23 heavy (non-hydrogen) atoms. The number of hydrogen-bond acceptors (Lipinski definition) is 6. The van der Waals surface area contributed by atoms with E-state index in [4.69, 9.17) is 18.9 Å². The fourth-order valence-corrected chi connectivity index (χ4v) is 3.49. The summed E-state index contributed by atoms with van der Waals surface area (Å²) >= 11 is 0. The van der Waals surface area contributed by atoms with Gasteiger partial charge in [-0.15, -0.1) is 0 Å². The van der Waals surface area contributed by atoms with Gasteiger partial charge in [-0.2, -0.15) is 0 Å². The average molecular weight is 320 g/mol. The summed E-state index contributed by atoms with van der Waals surface area (Å²) < 4.78 is 22.6. The van der Waals surface area contributed by atoms with E-state index in [0.717, 1.165) is 0 Å². The second-order valence-electron chi connectivity index (χ2n) is 6.85. The monoisotopic (exact) mass is 320 g/mol. The van der Waals surface area contributed by atoms with Crippen LogP contribution in [0.4, 0.5) is 0 Å². The smallest absolute Gasteiger partial charge is 0.338 e. The van der Waals surface area contributed by atoms with Gasteiger partial charge in [0.1, 0.15) is 17.8 Å². The van der Waals surface area contributed by atoms with Gasteiger partial charge in [0.05, 0.1) is 12.2 Å². The molecule has 3 aliphatic rings. The number of benzene rings is 1. The molecule has 124 valence electrons. The van der Waals surface area contributed by atoms with Crippen molar-refractivity contribution >= 4 is 5.97 Å². The molecular formula is C17H20O6. The van der Waals surface area contributed by atoms with Crippen molar-refractivity contribution < 1.29 is 28.8 Å². The van der Waals surface area contributed by atoms with E-state index in [1.165, 1.54) is 0 Å². The molecule has 6 heteroatoms. The highest BCUT2D eigenvalue weighted by Crippen LogP contribution is 2.58. The third-order valence-electron chi connectivity index (χ3n) is 4.76. The first kappa shape index (κ1) is 15.1. The van der Waals surface area contributed by atoms with E-state index in [1.807, 2.05) is 6.07 Å². The summed E-state index contributed by atoms with van der Waals surface area (Å²) in [4.78, 5) is 12.0. The Morgan fingerprint density at radius 1 is 1.26 bits per heavy atom. The fourth-order valence-electron chi connectivity index (χ4n) is 3.49. The van der Waals surface area contributed by atoms with Crippen LogP contribution in [0.1, 0.15) is 30.6 Å². The third-order valence-corrected chi connectivity index (χ3v) is 4.76. The molecule has 1 saturated carbocycles. The van der Waals surface area contributed by atoms with E-state index in [2.05, 4.69) is 0 Å². The highest BCUT2D eigenvalue weighted by Gasteiger charge is 2.72. The molecule has 3 fully saturated rings. The molecule has 0 bridgehead atoms. The minimum absolute atomic E-state index is 0.0360. The third kappa shape index (κ3) is 2.46. The van der Waals surface area contributed by atoms with E-state index in [1.54, 1.807) is 38.1 Å². The average Bonchev–Trinajstić information content (AvgIpc) is 3.06. The SMILES string of the molecule is CC1(C)O[C@H]2O[C@]3(C[C@H]3COC(=O)c3ccccc3)C(O)[C@@H]2O1. The molecule has 5 atom stereocenters. The second-order valence-corrected chi connectivity index (χ2v) is 6.85. The lowest BCUT2D eigenvalue weighted by Crippen LogP contribution is -2.37. The molecule has 2 heterocycles. The normalized spacial score (nSPS) is 40.1. The molecule has 1 aromatic rings. The number of aliphatic hydroxyl groups excluding tert-OH is 1. The standard InChI is InChI=1S/C17H20O6/c1-16(2)21-12-13(18)17(23-15(12)22-16)8-11(17)9-20-14(19)10-6-4-3-5-7-10/h3-7,11-13,15,18H,8-9H2,1-2H3/t11-,12-,13?,15-,17-/m0/s1. The first-order valence-corrected chi connectivity index (χ1v) is 7.85. The molecule has 2 aliphatic heterocycles. The van der Waals surface area contributed by atoms with Crippen LogP contribution >= 0.6 is 0 Å². The van der Waals surface area contributed by atoms with Crippen LogP contribution in [0.3, 0.4) is 0 Å². The summed E-state index contributed by atoms with van der Waals surface area (Å²) in [6, 6.07) is 8.84. The molecule has 1 N–H and O–H groups in total. The minimum atomic E-state index is -0.769. The Morgan fingerprint density at radius 2 is 2.00 bits per heavy atom. The first-order chi connectivity index (χ1) is 10.9. The Labute approximate surface area is 134 Å². The number of rotatable bonds is 3. The van der Waals surface area contributed by atoms with Crippen molar-refractivity contribution in [3.63, 3.8) is 0 Å². The van der Waals surface area contributed by atoms with Gasteiger partial charge in [-0.05, 0) is 32.4 Å². The van der Waals surface area contributed by atoms with Crippen LogP contribution in [0.2, 0.25) is 0 Å². The zero-order valence-corrected chi connectivity index (χ0v) is 13.1. The lowest BCUT2D eigenvalue weighted by atomic mass is 10.1. The zero-order chi connectivity index (χ0) is 16.2. The Morgan fingerprint density at radius 3 is 2.70 bits per heavy atom. The lowest BCUT2D eigenvalue weighted by Gasteiger charge is -2.23. The molecule has 1 spiro atoms. The van der Waals surface area contributed by atoms with Gasteiger partial charge in [0, 0.05) is 5.92 Å². The number of ether oxygens (including phenoxy) is 4. The Balaban J connectivity index is 1.35. The number of carbonyl (C=O) groups excluding carboxylic acids is 1. The molecule has 1 aromatic carbocycles. The number of fused-ring (bicyclic) bond motifs is 1. The number of carbonyl (C=O) groups is 1. The molecule has 1 aliphatic carbocycles. The topological polar surface area (TPSA) is 74.2 Å². The van der Waals surface area contributed by atoms with Gasteiger partial charge in [-0.3, -0.25) is 0 Å². The van der Waals surface area contributed by atoms with Crippen molar-refractivity contribution in [2.75, 3.05) is 6.61 Å². The van der Waals surface area contributed by atoms with E-state index < -0.39 is 29.9 Å². The van der Waals surface area contributed by atoms with Crippen LogP contribution in [-0.2, 0) is 18.9 Å². The van der Waals surface area contributed by atoms with Gasteiger partial charge in [0.25, 0.3) is 0 Å². The number of esters is 1. The largest absolute Gasteiger partial charge is 0.462 e. The van der Waals surface area contributed by atoms with E-state index >= 15 is 0 Å². The fraction of sp³-hybridized carbons (Fsp3) is 0.588. The first-order valence-electron chi connectivity index (χ1n) is 7.85. The van der Waals surface area contributed by atoms with Crippen molar-refractivity contribution in [3.05, 3.63) is 35.9 Å². The van der Waals surface area contributed by atoms with E-state index in [-0.39, 0.29) is 18.5 Å². The summed E-state index contributed by atoms with van der Waals surface area (Å²) in [5.41, 5.74) is -0.191. The molecule has 4 rings (SSSR count). The van der Waals surface area contributed by atoms with Crippen LogP contribution in [0, 0.1) is 5.92 Å². The highest BCUT2D eigenvalue weighted by atomic mass is 16.8. The van der Waals surface area contributed by atoms with Gasteiger partial charge >= 0.3 is 5.97 Å². The highest BCUT2D eigenvalue weighted by molar-refractivity contribution is 5.89. The van der Waals surface area contributed by atoms with Crippen molar-refractivity contribution in [1.82, 2.24) is 0 Å². The second kappa shape index (κ2) is 5.01. The van der Waals surface area contributed by atoms with Crippen LogP contribution < -0.4 is 0 Å². The van der Waals surface area contributed by atoms with E-state index in [9.17, 15) is 9.90 Å². The molecule has 0 amide bonds. The summed E-state index contributed by atoms with van der Waals surface area (Å²) in [5, 5.41) is 10.5. The predicted molar refractivity (Wildman–Crippen MR) is 78.5 cm³/mol. The zero-order valence-electron chi connectivity index (χ0n) is 13.1.